The number of fused-ring (bicyclic) bond motifs is 3. The maximum Gasteiger partial charge on any atom is 0.0686 e. The van der Waals surface area contributed by atoms with Gasteiger partial charge in [0.15, 0.2) is 0 Å². The van der Waals surface area contributed by atoms with E-state index in [1.807, 2.05) is 6.20 Å². The first-order valence-corrected chi connectivity index (χ1v) is 6.21. The van der Waals surface area contributed by atoms with Crippen molar-refractivity contribution in [3.63, 3.8) is 0 Å². The highest BCUT2D eigenvalue weighted by Gasteiger charge is 2.31. The second-order valence-corrected chi connectivity index (χ2v) is 4.98. The van der Waals surface area contributed by atoms with Crippen LogP contribution >= 0.6 is 0 Å². The van der Waals surface area contributed by atoms with Crippen LogP contribution in [0.15, 0.2) is 42.7 Å². The van der Waals surface area contributed by atoms with Crippen LogP contribution in [0.25, 0.3) is 16.3 Å². The Morgan fingerprint density at radius 3 is 2.82 bits per heavy atom. The Labute approximate surface area is 101 Å². The van der Waals surface area contributed by atoms with Crippen LogP contribution in [-0.4, -0.2) is 23.0 Å². The lowest BCUT2D eigenvalue weighted by Gasteiger charge is -2.13. The third-order valence-corrected chi connectivity index (χ3v) is 3.91. The largest absolute Gasteiger partial charge is 0.376 e. The number of nitrogens with zero attached hydrogens (tertiary/aromatic N) is 2. The van der Waals surface area contributed by atoms with Crippen molar-refractivity contribution in [2.75, 3.05) is 13.1 Å². The van der Waals surface area contributed by atoms with Crippen LogP contribution in [0.1, 0.15) is 12.1 Å². The van der Waals surface area contributed by atoms with Crippen LogP contribution in [0.2, 0.25) is 0 Å². The molecule has 4 rings (SSSR count). The minimum atomic E-state index is 0.712. The van der Waals surface area contributed by atoms with E-state index in [0.717, 1.165) is 5.69 Å². The molecule has 2 bridgehead atoms. The highest BCUT2D eigenvalue weighted by molar-refractivity contribution is 5.84. The molecule has 1 fully saturated rings. The summed E-state index contributed by atoms with van der Waals surface area (Å²) in [5.74, 6) is 0.712. The Morgan fingerprint density at radius 2 is 2.06 bits per heavy atom. The fourth-order valence-corrected chi connectivity index (χ4v) is 2.98. The summed E-state index contributed by atoms with van der Waals surface area (Å²) in [6, 6.07) is 10.7. The molecule has 3 heterocycles. The summed E-state index contributed by atoms with van der Waals surface area (Å²) in [4.78, 5) is 7.03. The third-order valence-electron chi connectivity index (χ3n) is 3.91. The van der Waals surface area contributed by atoms with Gasteiger partial charge in [-0.15, -0.1) is 0 Å². The minimum Gasteiger partial charge on any atom is -0.376 e. The molecule has 0 N–H and O–H groups in total. The van der Waals surface area contributed by atoms with Crippen LogP contribution in [0, 0.1) is 5.92 Å². The molecule has 2 aliphatic rings. The Balaban J connectivity index is 1.84. The molecule has 1 atom stereocenters. The van der Waals surface area contributed by atoms with E-state index < -0.39 is 0 Å². The van der Waals surface area contributed by atoms with Gasteiger partial charge >= 0.3 is 0 Å². The predicted octanol–water partition coefficient (Wildman–Crippen LogP) is 2.91. The second-order valence-electron chi connectivity index (χ2n) is 4.98. The van der Waals surface area contributed by atoms with E-state index in [2.05, 4.69) is 46.4 Å². The summed E-state index contributed by atoms with van der Waals surface area (Å²) in [5.41, 5.74) is 2.60. The van der Waals surface area contributed by atoms with Gasteiger partial charge in [0, 0.05) is 36.8 Å². The number of aromatic nitrogens is 1. The molecule has 0 amide bonds. The SMILES string of the molecule is C1=C(c2cc3ccccc3cn2)C2CCN1C2. The van der Waals surface area contributed by atoms with Crippen molar-refractivity contribution in [1.82, 2.24) is 9.88 Å². The van der Waals surface area contributed by atoms with Gasteiger partial charge in [-0.3, -0.25) is 4.98 Å². The van der Waals surface area contributed by atoms with E-state index >= 15 is 0 Å². The molecule has 17 heavy (non-hydrogen) atoms. The summed E-state index contributed by atoms with van der Waals surface area (Å²) in [5, 5.41) is 2.51. The lowest BCUT2D eigenvalue weighted by Crippen LogP contribution is -2.08. The number of rotatable bonds is 1. The third kappa shape index (κ3) is 1.37. The Hall–Kier alpha value is -1.83. The second kappa shape index (κ2) is 3.33. The van der Waals surface area contributed by atoms with Gasteiger partial charge in [-0.2, -0.15) is 0 Å². The van der Waals surface area contributed by atoms with Gasteiger partial charge in [0.2, 0.25) is 0 Å². The average molecular weight is 222 g/mol. The van der Waals surface area contributed by atoms with Crippen molar-refractivity contribution in [2.45, 2.75) is 6.42 Å². The maximum absolute atomic E-state index is 4.61. The summed E-state index contributed by atoms with van der Waals surface area (Å²) in [6.45, 7) is 2.42. The lowest BCUT2D eigenvalue weighted by atomic mass is 9.96. The van der Waals surface area contributed by atoms with E-state index in [-0.39, 0.29) is 0 Å². The van der Waals surface area contributed by atoms with Gasteiger partial charge in [0.25, 0.3) is 0 Å². The normalized spacial score (nSPS) is 22.2. The molecule has 1 aromatic heterocycles. The van der Waals surface area contributed by atoms with Crippen molar-refractivity contribution in [3.05, 3.63) is 48.4 Å². The van der Waals surface area contributed by atoms with E-state index in [1.165, 1.54) is 35.9 Å². The summed E-state index contributed by atoms with van der Waals surface area (Å²) in [7, 11) is 0. The molecule has 0 aliphatic carbocycles. The molecule has 1 aromatic carbocycles. The molecular formula is C15H14N2. The van der Waals surface area contributed by atoms with E-state index in [0.29, 0.717) is 5.92 Å². The first-order valence-electron chi connectivity index (χ1n) is 6.21. The van der Waals surface area contributed by atoms with Gasteiger partial charge < -0.3 is 4.90 Å². The number of benzene rings is 1. The molecule has 1 saturated heterocycles. The van der Waals surface area contributed by atoms with Crippen molar-refractivity contribution >= 4 is 16.3 Å². The van der Waals surface area contributed by atoms with Crippen LogP contribution in [0.5, 0.6) is 0 Å². The van der Waals surface area contributed by atoms with Crippen LogP contribution < -0.4 is 0 Å². The Morgan fingerprint density at radius 1 is 1.18 bits per heavy atom. The molecule has 0 saturated carbocycles. The van der Waals surface area contributed by atoms with Crippen LogP contribution in [0.3, 0.4) is 0 Å². The van der Waals surface area contributed by atoms with Crippen molar-refractivity contribution in [2.24, 2.45) is 5.92 Å². The lowest BCUT2D eigenvalue weighted by molar-refractivity contribution is 0.479. The van der Waals surface area contributed by atoms with E-state index in [9.17, 15) is 0 Å². The molecule has 2 nitrogen and oxygen atoms in total. The topological polar surface area (TPSA) is 16.1 Å². The van der Waals surface area contributed by atoms with Crippen molar-refractivity contribution < 1.29 is 0 Å². The Kier molecular flexibility index (Phi) is 1.81. The quantitative estimate of drug-likeness (QED) is 0.737. The highest BCUT2D eigenvalue weighted by atomic mass is 15.2. The van der Waals surface area contributed by atoms with Gasteiger partial charge in [0.1, 0.15) is 0 Å². The molecular weight excluding hydrogens is 208 g/mol. The molecule has 2 heteroatoms. The molecule has 1 unspecified atom stereocenters. The Bertz CT molecular complexity index is 615. The highest BCUT2D eigenvalue weighted by Crippen LogP contribution is 2.37. The van der Waals surface area contributed by atoms with E-state index in [1.54, 1.807) is 0 Å². The first kappa shape index (κ1) is 9.23. The zero-order chi connectivity index (χ0) is 11.2. The van der Waals surface area contributed by atoms with Gasteiger partial charge in [-0.25, -0.2) is 0 Å². The summed E-state index contributed by atoms with van der Waals surface area (Å²) < 4.78 is 0. The fraction of sp³-hybridized carbons (Fsp3) is 0.267. The summed E-state index contributed by atoms with van der Waals surface area (Å²) >= 11 is 0. The minimum absolute atomic E-state index is 0.712. The molecule has 0 spiro atoms. The molecule has 0 radical (unpaired) electrons. The monoisotopic (exact) mass is 222 g/mol. The van der Waals surface area contributed by atoms with Crippen LogP contribution in [0.4, 0.5) is 0 Å². The fourth-order valence-electron chi connectivity index (χ4n) is 2.98. The summed E-state index contributed by atoms with van der Waals surface area (Å²) in [6.07, 6.45) is 5.58. The zero-order valence-electron chi connectivity index (χ0n) is 9.63. The van der Waals surface area contributed by atoms with Crippen LogP contribution in [-0.2, 0) is 0 Å². The van der Waals surface area contributed by atoms with Gasteiger partial charge in [-0.05, 0) is 23.4 Å². The van der Waals surface area contributed by atoms with Crippen molar-refractivity contribution in [1.29, 1.82) is 0 Å². The van der Waals surface area contributed by atoms with Gasteiger partial charge in [-0.1, -0.05) is 24.3 Å². The van der Waals surface area contributed by atoms with Crippen molar-refractivity contribution in [3.8, 4) is 0 Å². The predicted molar refractivity (Wildman–Crippen MR) is 69.4 cm³/mol. The van der Waals surface area contributed by atoms with E-state index in [4.69, 9.17) is 0 Å². The standard InChI is InChI=1S/C15H14N2/c1-2-4-12-8-16-15(7-11(12)3-1)14-10-17-6-5-13(14)9-17/h1-4,7-8,10,13H,5-6,9H2. The molecule has 2 aliphatic heterocycles. The van der Waals surface area contributed by atoms with Gasteiger partial charge in [0.05, 0.1) is 5.69 Å². The number of pyridine rings is 1. The number of hydrogen-bond acceptors (Lipinski definition) is 2. The maximum atomic E-state index is 4.61. The smallest absolute Gasteiger partial charge is 0.0686 e. The first-order chi connectivity index (χ1) is 8.40. The molecule has 2 aromatic rings. The zero-order valence-corrected chi connectivity index (χ0v) is 9.63. The molecule has 84 valence electrons. The number of hydrogen-bond donors (Lipinski definition) is 0. The average Bonchev–Trinajstić information content (AvgIpc) is 3.00.